The van der Waals surface area contributed by atoms with Gasteiger partial charge in [-0.15, -0.1) is 12.4 Å². The molecule has 0 spiro atoms. The fraction of sp³-hybridized carbons (Fsp3) is 0.632. The zero-order valence-electron chi connectivity index (χ0n) is 16.6. The molecule has 1 amide bonds. The number of nitrogens with one attached hydrogen (secondary N) is 2. The molecule has 0 radical (unpaired) electrons. The molecule has 1 aromatic rings. The molecule has 154 valence electrons. The number of benzene rings is 1. The summed E-state index contributed by atoms with van der Waals surface area (Å²) in [6.07, 6.45) is 2.16. The van der Waals surface area contributed by atoms with Crippen molar-refractivity contribution < 1.29 is 23.7 Å². The van der Waals surface area contributed by atoms with Gasteiger partial charge in [0.05, 0.1) is 33.4 Å². The normalized spacial score (nSPS) is 15.4. The fourth-order valence-corrected chi connectivity index (χ4v) is 3.43. The van der Waals surface area contributed by atoms with Gasteiger partial charge in [0.1, 0.15) is 17.2 Å². The molecular formula is C19H31ClN2O5. The summed E-state index contributed by atoms with van der Waals surface area (Å²) in [5.41, 5.74) is 0.455. The van der Waals surface area contributed by atoms with Crippen LogP contribution in [0.5, 0.6) is 17.2 Å². The van der Waals surface area contributed by atoms with E-state index in [9.17, 15) is 4.79 Å². The molecule has 1 aromatic carbocycles. The number of piperidine rings is 1. The first-order valence-corrected chi connectivity index (χ1v) is 8.87. The van der Waals surface area contributed by atoms with E-state index in [1.807, 2.05) is 12.1 Å². The first-order valence-electron chi connectivity index (χ1n) is 8.87. The number of amides is 1. The van der Waals surface area contributed by atoms with Crippen molar-refractivity contribution in [1.29, 1.82) is 0 Å². The molecule has 0 bridgehead atoms. The molecule has 2 N–H and O–H groups in total. The summed E-state index contributed by atoms with van der Waals surface area (Å²) in [5.74, 6) is 2.08. The molecule has 0 aromatic heterocycles. The van der Waals surface area contributed by atoms with E-state index in [0.29, 0.717) is 36.8 Å². The van der Waals surface area contributed by atoms with Gasteiger partial charge in [0.15, 0.2) is 0 Å². The number of carbonyl (C=O) groups is 1. The number of methoxy groups -OCH3 is 4. The lowest BCUT2D eigenvalue weighted by molar-refractivity contribution is -0.136. The molecular weight excluding hydrogens is 372 g/mol. The molecule has 2 rings (SSSR count). The first-order chi connectivity index (χ1) is 12.6. The van der Waals surface area contributed by atoms with Gasteiger partial charge in [0, 0.05) is 31.4 Å². The van der Waals surface area contributed by atoms with Crippen LogP contribution >= 0.6 is 12.4 Å². The largest absolute Gasteiger partial charge is 0.496 e. The van der Waals surface area contributed by atoms with Crippen molar-refractivity contribution in [3.05, 3.63) is 17.7 Å². The van der Waals surface area contributed by atoms with Crippen LogP contribution in [0.15, 0.2) is 12.1 Å². The molecule has 27 heavy (non-hydrogen) atoms. The van der Waals surface area contributed by atoms with E-state index >= 15 is 0 Å². The molecule has 8 heteroatoms. The minimum absolute atomic E-state index is 0. The molecule has 0 saturated carbocycles. The number of ether oxygens (including phenoxy) is 4. The smallest absolute Gasteiger partial charge is 0.228 e. The Morgan fingerprint density at radius 2 is 1.67 bits per heavy atom. The molecule has 1 aliphatic rings. The molecule has 1 saturated heterocycles. The van der Waals surface area contributed by atoms with Gasteiger partial charge in [0.25, 0.3) is 0 Å². The monoisotopic (exact) mass is 402 g/mol. The lowest BCUT2D eigenvalue weighted by Crippen LogP contribution is -2.50. The Morgan fingerprint density at radius 1 is 1.07 bits per heavy atom. The Balaban J connectivity index is 0.00000364. The second-order valence-corrected chi connectivity index (χ2v) is 6.48. The van der Waals surface area contributed by atoms with Gasteiger partial charge in [-0.2, -0.15) is 0 Å². The lowest BCUT2D eigenvalue weighted by atomic mass is 9.78. The van der Waals surface area contributed by atoms with Gasteiger partial charge < -0.3 is 29.6 Å². The van der Waals surface area contributed by atoms with E-state index in [4.69, 9.17) is 18.9 Å². The summed E-state index contributed by atoms with van der Waals surface area (Å²) in [6, 6.07) is 3.64. The predicted octanol–water partition coefficient (Wildman–Crippen LogP) is 1.81. The van der Waals surface area contributed by atoms with Crippen molar-refractivity contribution in [2.24, 2.45) is 5.41 Å². The second-order valence-electron chi connectivity index (χ2n) is 6.48. The molecule has 7 nitrogen and oxygen atoms in total. The van der Waals surface area contributed by atoms with E-state index in [0.717, 1.165) is 31.5 Å². The minimum atomic E-state index is -0.450. The summed E-state index contributed by atoms with van der Waals surface area (Å²) < 4.78 is 21.5. The van der Waals surface area contributed by atoms with E-state index in [1.54, 1.807) is 28.4 Å². The highest BCUT2D eigenvalue weighted by Crippen LogP contribution is 2.34. The average Bonchev–Trinajstić information content (AvgIpc) is 2.68. The average molecular weight is 403 g/mol. The Kier molecular flexibility index (Phi) is 9.69. The molecule has 0 unspecified atom stereocenters. The summed E-state index contributed by atoms with van der Waals surface area (Å²) in [7, 11) is 6.46. The van der Waals surface area contributed by atoms with Crippen LogP contribution in [0.2, 0.25) is 0 Å². The Morgan fingerprint density at radius 3 is 2.15 bits per heavy atom. The van der Waals surface area contributed by atoms with Crippen LogP contribution in [0, 0.1) is 5.41 Å². The molecule has 1 fully saturated rings. The van der Waals surface area contributed by atoms with Crippen molar-refractivity contribution in [2.75, 3.05) is 54.7 Å². The van der Waals surface area contributed by atoms with Gasteiger partial charge in [-0.3, -0.25) is 4.79 Å². The summed E-state index contributed by atoms with van der Waals surface area (Å²) >= 11 is 0. The van der Waals surface area contributed by atoms with E-state index in [2.05, 4.69) is 10.6 Å². The van der Waals surface area contributed by atoms with Crippen molar-refractivity contribution in [2.45, 2.75) is 19.3 Å². The van der Waals surface area contributed by atoms with E-state index in [1.165, 1.54) is 0 Å². The second kappa shape index (κ2) is 11.2. The van der Waals surface area contributed by atoms with Gasteiger partial charge in [-0.05, 0) is 32.4 Å². The van der Waals surface area contributed by atoms with Crippen LogP contribution in [0.4, 0.5) is 0 Å². The van der Waals surface area contributed by atoms with Gasteiger partial charge >= 0.3 is 0 Å². The third kappa shape index (κ3) is 5.64. The Bertz CT molecular complexity index is 575. The van der Waals surface area contributed by atoms with Crippen molar-refractivity contribution in [3.8, 4) is 17.2 Å². The highest BCUT2D eigenvalue weighted by atomic mass is 35.5. The van der Waals surface area contributed by atoms with Crippen molar-refractivity contribution in [3.63, 3.8) is 0 Å². The third-order valence-electron chi connectivity index (χ3n) is 4.94. The first kappa shape index (κ1) is 23.3. The standard InChI is InChI=1S/C19H30N2O5.ClH/c1-23-13-19(6-9-20-10-7-19)18(22)21-8-5-15-16(25-3)11-14(24-2)12-17(15)26-4;/h11-12,20H,5-10,13H2,1-4H3,(H,21,22);1H. The number of rotatable bonds is 9. The van der Waals surface area contributed by atoms with Crippen LogP contribution in [0.1, 0.15) is 18.4 Å². The van der Waals surface area contributed by atoms with Gasteiger partial charge in [-0.25, -0.2) is 0 Å². The lowest BCUT2D eigenvalue weighted by Gasteiger charge is -2.35. The quantitative estimate of drug-likeness (QED) is 0.656. The summed E-state index contributed by atoms with van der Waals surface area (Å²) in [4.78, 5) is 12.8. The van der Waals surface area contributed by atoms with Crippen LogP contribution in [0.25, 0.3) is 0 Å². The number of hydrogen-bond acceptors (Lipinski definition) is 6. The van der Waals surface area contributed by atoms with Crippen LogP contribution < -0.4 is 24.8 Å². The molecule has 0 aliphatic carbocycles. The Hall–Kier alpha value is -1.70. The molecule has 0 atom stereocenters. The number of hydrogen-bond donors (Lipinski definition) is 2. The third-order valence-corrected chi connectivity index (χ3v) is 4.94. The summed E-state index contributed by atoms with van der Waals surface area (Å²) in [5, 5.41) is 6.36. The number of halogens is 1. The van der Waals surface area contributed by atoms with Gasteiger partial charge in [0.2, 0.25) is 5.91 Å². The minimum Gasteiger partial charge on any atom is -0.496 e. The maximum absolute atomic E-state index is 12.8. The number of carbonyl (C=O) groups excluding carboxylic acids is 1. The van der Waals surface area contributed by atoms with Crippen LogP contribution in [-0.4, -0.2) is 60.6 Å². The van der Waals surface area contributed by atoms with Crippen molar-refractivity contribution >= 4 is 18.3 Å². The zero-order chi connectivity index (χ0) is 19.0. The zero-order valence-corrected chi connectivity index (χ0v) is 17.4. The topological polar surface area (TPSA) is 78.1 Å². The maximum Gasteiger partial charge on any atom is 0.228 e. The highest BCUT2D eigenvalue weighted by Gasteiger charge is 2.39. The van der Waals surface area contributed by atoms with Crippen molar-refractivity contribution in [1.82, 2.24) is 10.6 Å². The fourth-order valence-electron chi connectivity index (χ4n) is 3.43. The molecule has 1 heterocycles. The maximum atomic E-state index is 12.8. The SMILES string of the molecule is COCC1(C(=O)NCCc2c(OC)cc(OC)cc2OC)CCNCC1.Cl. The van der Waals surface area contributed by atoms with Crippen LogP contribution in [-0.2, 0) is 16.0 Å². The van der Waals surface area contributed by atoms with E-state index < -0.39 is 5.41 Å². The predicted molar refractivity (Wildman–Crippen MR) is 106 cm³/mol. The van der Waals surface area contributed by atoms with Crippen LogP contribution in [0.3, 0.4) is 0 Å². The van der Waals surface area contributed by atoms with Gasteiger partial charge in [-0.1, -0.05) is 0 Å². The molecule has 1 aliphatic heterocycles. The Labute approximate surface area is 167 Å². The van der Waals surface area contributed by atoms with E-state index in [-0.39, 0.29) is 18.3 Å². The highest BCUT2D eigenvalue weighted by molar-refractivity contribution is 5.85. The summed E-state index contributed by atoms with van der Waals surface area (Å²) in [6.45, 7) is 2.60.